The molecule has 4 rings (SSSR count). The van der Waals surface area contributed by atoms with Crippen molar-refractivity contribution in [3.63, 3.8) is 0 Å². The Morgan fingerprint density at radius 3 is 2.42 bits per heavy atom. The number of benzene rings is 1. The van der Waals surface area contributed by atoms with Gasteiger partial charge in [0.2, 0.25) is 17.7 Å². The minimum Gasteiger partial charge on any atom is -0.479 e. The van der Waals surface area contributed by atoms with E-state index >= 15 is 0 Å². The Labute approximate surface area is 192 Å². The van der Waals surface area contributed by atoms with Crippen LogP contribution in [0.25, 0.3) is 6.08 Å². The highest BCUT2D eigenvalue weighted by molar-refractivity contribution is 6.96. The predicted octanol–water partition coefficient (Wildman–Crippen LogP) is 3.96. The van der Waals surface area contributed by atoms with Gasteiger partial charge in [0.1, 0.15) is 13.8 Å². The molecule has 10 heteroatoms. The number of carbonyl (C=O) groups excluding carboxylic acids is 1. The van der Waals surface area contributed by atoms with Crippen molar-refractivity contribution in [1.29, 1.82) is 0 Å². The lowest BCUT2D eigenvalue weighted by Gasteiger charge is -2.17. The van der Waals surface area contributed by atoms with Gasteiger partial charge in [-0.25, -0.2) is 0 Å². The first kappa shape index (κ1) is 22.4. The summed E-state index contributed by atoms with van der Waals surface area (Å²) >= 11 is 0. The van der Waals surface area contributed by atoms with Crippen molar-refractivity contribution in [3.05, 3.63) is 46.9 Å². The summed E-state index contributed by atoms with van der Waals surface area (Å²) in [4.78, 5) is 21.2. The van der Waals surface area contributed by atoms with Gasteiger partial charge in [0.15, 0.2) is 11.4 Å². The zero-order chi connectivity index (χ0) is 23.8. The van der Waals surface area contributed by atoms with Gasteiger partial charge in [0, 0.05) is 13.1 Å². The number of nitrogens with zero attached hydrogens (tertiary/aromatic N) is 2. The molecule has 0 saturated carbocycles. The molecular formula is C23H26N4O5Si. The van der Waals surface area contributed by atoms with Gasteiger partial charge < -0.3 is 29.3 Å². The topological polar surface area (TPSA) is 108 Å². The Morgan fingerprint density at radius 1 is 1.09 bits per heavy atom. The predicted molar refractivity (Wildman–Crippen MR) is 129 cm³/mol. The zero-order valence-electron chi connectivity index (χ0n) is 19.4. The smallest absolute Gasteiger partial charge is 0.291 e. The lowest BCUT2D eigenvalue weighted by atomic mass is 10.1. The van der Waals surface area contributed by atoms with E-state index in [1.807, 2.05) is 6.92 Å². The van der Waals surface area contributed by atoms with E-state index in [0.29, 0.717) is 11.7 Å². The second-order valence-electron chi connectivity index (χ2n) is 8.13. The maximum absolute atomic E-state index is 12.8. The average Bonchev–Trinajstić information content (AvgIpc) is 3.38. The molecule has 1 aromatic carbocycles. The molecule has 0 unspecified atom stereocenters. The monoisotopic (exact) mass is 466 g/mol. The normalized spacial score (nSPS) is 13.4. The van der Waals surface area contributed by atoms with Crippen LogP contribution in [0.3, 0.4) is 0 Å². The SMILES string of the molecule is CNc1nc(OC)c(NC(=O)c2ccc(Oc3cc4c(cc3C)C=C[Si]4(C)C)o2)c(OC)n1. The summed E-state index contributed by atoms with van der Waals surface area (Å²) in [6.07, 6.45) is 2.18. The van der Waals surface area contributed by atoms with Gasteiger partial charge in [-0.2, -0.15) is 9.97 Å². The van der Waals surface area contributed by atoms with E-state index in [1.165, 1.54) is 31.0 Å². The second kappa shape index (κ2) is 8.62. The number of methoxy groups -OCH3 is 2. The quantitative estimate of drug-likeness (QED) is 0.504. The van der Waals surface area contributed by atoms with Crippen molar-refractivity contribution in [2.75, 3.05) is 31.9 Å². The molecule has 2 N–H and O–H groups in total. The van der Waals surface area contributed by atoms with Gasteiger partial charge in [0.05, 0.1) is 14.2 Å². The van der Waals surface area contributed by atoms with E-state index in [-0.39, 0.29) is 29.2 Å². The van der Waals surface area contributed by atoms with Gasteiger partial charge in [0.25, 0.3) is 11.9 Å². The maximum Gasteiger partial charge on any atom is 0.291 e. The number of hydrogen-bond donors (Lipinski definition) is 2. The first-order valence-corrected chi connectivity index (χ1v) is 13.4. The Morgan fingerprint density at radius 2 is 1.79 bits per heavy atom. The summed E-state index contributed by atoms with van der Waals surface area (Å²) in [5.41, 5.74) is 4.73. The highest BCUT2D eigenvalue weighted by Crippen LogP contribution is 2.34. The molecule has 0 radical (unpaired) electrons. The maximum atomic E-state index is 12.8. The number of fused-ring (bicyclic) bond motifs is 1. The lowest BCUT2D eigenvalue weighted by molar-refractivity contribution is 0.0990. The molecular weight excluding hydrogens is 440 g/mol. The van der Waals surface area contributed by atoms with Gasteiger partial charge in [-0.15, -0.1) is 0 Å². The van der Waals surface area contributed by atoms with Crippen molar-refractivity contribution in [2.24, 2.45) is 0 Å². The molecule has 0 bridgehead atoms. The number of furan rings is 1. The first-order chi connectivity index (χ1) is 15.7. The number of aromatic nitrogens is 2. The van der Waals surface area contributed by atoms with Gasteiger partial charge in [-0.3, -0.25) is 4.79 Å². The van der Waals surface area contributed by atoms with Crippen LogP contribution in [0, 0.1) is 6.92 Å². The van der Waals surface area contributed by atoms with Crippen LogP contribution in [0.2, 0.25) is 13.1 Å². The lowest BCUT2D eigenvalue weighted by Crippen LogP contribution is -2.37. The molecule has 2 aromatic heterocycles. The van der Waals surface area contributed by atoms with E-state index in [0.717, 1.165) is 5.56 Å². The minimum atomic E-state index is -1.61. The Bertz CT molecular complexity index is 1230. The zero-order valence-corrected chi connectivity index (χ0v) is 20.4. The molecule has 0 aliphatic carbocycles. The molecule has 3 heterocycles. The van der Waals surface area contributed by atoms with E-state index in [4.69, 9.17) is 18.6 Å². The highest BCUT2D eigenvalue weighted by Gasteiger charge is 2.28. The molecule has 1 amide bonds. The van der Waals surface area contributed by atoms with Crippen LogP contribution < -0.4 is 30.0 Å². The number of aryl methyl sites for hydroxylation is 1. The summed E-state index contributed by atoms with van der Waals surface area (Å²) in [6, 6.07) is 7.34. The molecule has 1 aliphatic heterocycles. The summed E-state index contributed by atoms with van der Waals surface area (Å²) in [7, 11) is 2.93. The number of amides is 1. The third-order valence-corrected chi connectivity index (χ3v) is 8.25. The Hall–Kier alpha value is -3.79. The third kappa shape index (κ3) is 4.29. The fourth-order valence-electron chi connectivity index (χ4n) is 3.62. The Kier molecular flexibility index (Phi) is 5.85. The molecule has 9 nitrogen and oxygen atoms in total. The summed E-state index contributed by atoms with van der Waals surface area (Å²) in [5, 5.41) is 6.81. The molecule has 3 aromatic rings. The largest absolute Gasteiger partial charge is 0.479 e. The molecule has 0 fully saturated rings. The molecule has 33 heavy (non-hydrogen) atoms. The van der Waals surface area contributed by atoms with Crippen LogP contribution in [-0.4, -0.2) is 45.2 Å². The first-order valence-electron chi connectivity index (χ1n) is 10.4. The third-order valence-electron chi connectivity index (χ3n) is 5.43. The van der Waals surface area contributed by atoms with Gasteiger partial charge in [-0.1, -0.05) is 24.9 Å². The molecule has 0 spiro atoms. The fourth-order valence-corrected chi connectivity index (χ4v) is 5.80. The van der Waals surface area contributed by atoms with Crippen LogP contribution >= 0.6 is 0 Å². The summed E-state index contributed by atoms with van der Waals surface area (Å²) < 4.78 is 22.2. The van der Waals surface area contributed by atoms with E-state index in [9.17, 15) is 4.79 Å². The van der Waals surface area contributed by atoms with E-state index < -0.39 is 14.0 Å². The van der Waals surface area contributed by atoms with E-state index in [2.05, 4.69) is 57.6 Å². The standard InChI is InChI=1S/C23H26N4O5Si/c1-13-11-14-9-10-33(5,6)17(14)12-16(13)32-18-8-7-15(31-18)20(28)25-19-21(29-3)26-23(24-2)27-22(19)30-4/h7-12H,1-6H3,(H,25,28)(H,24,26,27). The van der Waals surface area contributed by atoms with Crippen molar-refractivity contribution < 1.29 is 23.4 Å². The average molecular weight is 467 g/mol. The van der Waals surface area contributed by atoms with Crippen molar-refractivity contribution in [1.82, 2.24) is 9.97 Å². The van der Waals surface area contributed by atoms with Crippen LogP contribution in [0.4, 0.5) is 11.6 Å². The molecule has 1 aliphatic rings. The fraction of sp³-hybridized carbons (Fsp3) is 0.261. The Balaban J connectivity index is 1.55. The summed E-state index contributed by atoms with van der Waals surface area (Å²) in [5.74, 6) is 1.05. The highest BCUT2D eigenvalue weighted by atomic mass is 28.3. The second-order valence-corrected chi connectivity index (χ2v) is 12.4. The van der Waals surface area contributed by atoms with Crippen molar-refractivity contribution in [2.45, 2.75) is 20.0 Å². The molecule has 172 valence electrons. The number of rotatable bonds is 7. The van der Waals surface area contributed by atoms with Gasteiger partial charge in [-0.05, 0) is 41.4 Å². The minimum absolute atomic E-state index is 0.0574. The van der Waals surface area contributed by atoms with Crippen LogP contribution in [0.1, 0.15) is 21.7 Å². The van der Waals surface area contributed by atoms with Crippen LogP contribution in [-0.2, 0) is 0 Å². The number of nitrogens with one attached hydrogen (secondary N) is 2. The van der Waals surface area contributed by atoms with Crippen molar-refractivity contribution in [3.8, 4) is 23.5 Å². The van der Waals surface area contributed by atoms with Gasteiger partial charge >= 0.3 is 0 Å². The van der Waals surface area contributed by atoms with Crippen LogP contribution in [0.5, 0.6) is 23.5 Å². The number of hydrogen-bond acceptors (Lipinski definition) is 8. The number of carbonyl (C=O) groups is 1. The number of ether oxygens (including phenoxy) is 3. The van der Waals surface area contributed by atoms with Crippen LogP contribution in [0.15, 0.2) is 34.4 Å². The van der Waals surface area contributed by atoms with E-state index in [1.54, 1.807) is 13.1 Å². The summed E-state index contributed by atoms with van der Waals surface area (Å²) in [6.45, 7) is 6.57. The number of anilines is 2. The molecule has 0 saturated heterocycles. The molecule has 0 atom stereocenters. The van der Waals surface area contributed by atoms with Crippen molar-refractivity contribution >= 4 is 36.9 Å².